The van der Waals surface area contributed by atoms with Crippen LogP contribution in [0.2, 0.25) is 0 Å². The Balaban J connectivity index is 1.34. The summed E-state index contributed by atoms with van der Waals surface area (Å²) in [6.07, 6.45) is 1.96. The fourth-order valence-corrected chi connectivity index (χ4v) is 4.39. The van der Waals surface area contributed by atoms with Crippen LogP contribution in [0.3, 0.4) is 0 Å². The summed E-state index contributed by atoms with van der Waals surface area (Å²) in [7, 11) is 1.60. The molecule has 2 fully saturated rings. The smallest absolute Gasteiger partial charge is 0.254 e. The van der Waals surface area contributed by atoms with Crippen molar-refractivity contribution in [2.45, 2.75) is 25.4 Å². The van der Waals surface area contributed by atoms with Gasteiger partial charge in [-0.05, 0) is 43.1 Å². The molecule has 2 saturated heterocycles. The number of nitrogens with zero attached hydrogens (tertiary/aromatic N) is 3. The van der Waals surface area contributed by atoms with Gasteiger partial charge in [-0.1, -0.05) is 36.4 Å². The van der Waals surface area contributed by atoms with Crippen molar-refractivity contribution in [3.63, 3.8) is 0 Å². The van der Waals surface area contributed by atoms with Gasteiger partial charge in [-0.3, -0.25) is 14.5 Å². The Hall–Kier alpha value is -2.86. The number of hydrogen-bond donors (Lipinski definition) is 0. The van der Waals surface area contributed by atoms with Gasteiger partial charge in [-0.2, -0.15) is 0 Å². The van der Waals surface area contributed by atoms with Crippen LogP contribution < -0.4 is 4.74 Å². The summed E-state index contributed by atoms with van der Waals surface area (Å²) in [5, 5.41) is 0. The number of amides is 2. The molecule has 30 heavy (non-hydrogen) atoms. The lowest BCUT2D eigenvalue weighted by atomic mass is 10.1. The molecule has 4 rings (SSSR count). The molecule has 2 aliphatic heterocycles. The summed E-state index contributed by atoms with van der Waals surface area (Å²) >= 11 is 0. The number of rotatable bonds is 5. The van der Waals surface area contributed by atoms with Gasteiger partial charge in [0.15, 0.2) is 0 Å². The zero-order valence-electron chi connectivity index (χ0n) is 17.5. The molecule has 0 spiro atoms. The summed E-state index contributed by atoms with van der Waals surface area (Å²) in [6.45, 7) is 4.07. The molecule has 1 unspecified atom stereocenters. The van der Waals surface area contributed by atoms with Crippen LogP contribution in [0.5, 0.6) is 5.75 Å². The number of carbonyl (C=O) groups is 2. The standard InChI is InChI=1S/C24H29N3O3/c1-30-21-10-5-9-20(17-21)23(28)25-13-15-26(16-14-25)24(29)22-11-6-12-27(22)18-19-7-3-2-4-8-19/h2-5,7-10,17,22H,6,11-16,18H2,1H3. The quantitative estimate of drug-likeness (QED) is 0.765. The van der Waals surface area contributed by atoms with Gasteiger partial charge in [0.05, 0.1) is 13.2 Å². The van der Waals surface area contributed by atoms with Crippen LogP contribution in [-0.4, -0.2) is 72.4 Å². The van der Waals surface area contributed by atoms with Crippen LogP contribution in [0.1, 0.15) is 28.8 Å². The highest BCUT2D eigenvalue weighted by Crippen LogP contribution is 2.23. The van der Waals surface area contributed by atoms with E-state index in [2.05, 4.69) is 17.0 Å². The molecule has 0 aromatic heterocycles. The summed E-state index contributed by atoms with van der Waals surface area (Å²) in [4.78, 5) is 32.1. The first-order valence-electron chi connectivity index (χ1n) is 10.7. The number of methoxy groups -OCH3 is 1. The molecule has 0 saturated carbocycles. The van der Waals surface area contributed by atoms with E-state index in [9.17, 15) is 9.59 Å². The largest absolute Gasteiger partial charge is 0.497 e. The van der Waals surface area contributed by atoms with E-state index in [4.69, 9.17) is 4.74 Å². The first-order chi connectivity index (χ1) is 14.7. The van der Waals surface area contributed by atoms with Gasteiger partial charge in [-0.25, -0.2) is 0 Å². The van der Waals surface area contributed by atoms with Crippen molar-refractivity contribution in [3.8, 4) is 5.75 Å². The van der Waals surface area contributed by atoms with E-state index in [1.807, 2.05) is 46.2 Å². The SMILES string of the molecule is COc1cccc(C(=O)N2CCN(C(=O)C3CCCN3Cc3ccccc3)CC2)c1. The number of hydrogen-bond acceptors (Lipinski definition) is 4. The first kappa shape index (κ1) is 20.4. The van der Waals surface area contributed by atoms with Crippen LogP contribution in [0.4, 0.5) is 0 Å². The molecule has 2 aliphatic rings. The van der Waals surface area contributed by atoms with Crippen molar-refractivity contribution in [2.24, 2.45) is 0 Å². The van der Waals surface area contributed by atoms with E-state index in [1.54, 1.807) is 13.2 Å². The van der Waals surface area contributed by atoms with Gasteiger partial charge >= 0.3 is 0 Å². The predicted molar refractivity (Wildman–Crippen MR) is 115 cm³/mol. The molecule has 2 aromatic rings. The summed E-state index contributed by atoms with van der Waals surface area (Å²) in [6, 6.07) is 17.5. The molecule has 2 amide bonds. The van der Waals surface area contributed by atoms with Crippen molar-refractivity contribution in [2.75, 3.05) is 39.8 Å². The molecule has 0 bridgehead atoms. The molecule has 6 heteroatoms. The topological polar surface area (TPSA) is 53.1 Å². The first-order valence-corrected chi connectivity index (χ1v) is 10.7. The number of piperazine rings is 1. The Labute approximate surface area is 178 Å². The lowest BCUT2D eigenvalue weighted by Gasteiger charge is -2.37. The van der Waals surface area contributed by atoms with E-state index in [1.165, 1.54) is 5.56 Å². The van der Waals surface area contributed by atoms with Gasteiger partial charge in [0.2, 0.25) is 5.91 Å². The molecule has 0 N–H and O–H groups in total. The molecule has 6 nitrogen and oxygen atoms in total. The van der Waals surface area contributed by atoms with Crippen molar-refractivity contribution in [3.05, 3.63) is 65.7 Å². The van der Waals surface area contributed by atoms with Gasteiger partial charge in [0.25, 0.3) is 5.91 Å². The highest BCUT2D eigenvalue weighted by molar-refractivity contribution is 5.94. The van der Waals surface area contributed by atoms with E-state index >= 15 is 0 Å². The third-order valence-corrected chi connectivity index (χ3v) is 6.07. The van der Waals surface area contributed by atoms with Crippen LogP contribution >= 0.6 is 0 Å². The zero-order chi connectivity index (χ0) is 20.9. The van der Waals surface area contributed by atoms with Crippen molar-refractivity contribution in [1.82, 2.24) is 14.7 Å². The molecule has 2 heterocycles. The number of ether oxygens (including phenoxy) is 1. The Bertz CT molecular complexity index is 878. The molecule has 1 atom stereocenters. The minimum Gasteiger partial charge on any atom is -0.497 e. The van der Waals surface area contributed by atoms with Gasteiger partial charge in [-0.15, -0.1) is 0 Å². The highest BCUT2D eigenvalue weighted by atomic mass is 16.5. The average Bonchev–Trinajstić information content (AvgIpc) is 3.27. The second-order valence-electron chi connectivity index (χ2n) is 7.96. The molecule has 158 valence electrons. The fourth-order valence-electron chi connectivity index (χ4n) is 4.39. The minimum atomic E-state index is -0.0501. The monoisotopic (exact) mass is 407 g/mol. The lowest BCUT2D eigenvalue weighted by molar-refractivity contribution is -0.137. The Morgan fingerprint density at radius 2 is 1.67 bits per heavy atom. The molecule has 0 radical (unpaired) electrons. The fraction of sp³-hybridized carbons (Fsp3) is 0.417. The zero-order valence-corrected chi connectivity index (χ0v) is 17.5. The van der Waals surface area contributed by atoms with E-state index in [0.717, 1.165) is 25.9 Å². The number of likely N-dealkylation sites (tertiary alicyclic amines) is 1. The highest BCUT2D eigenvalue weighted by Gasteiger charge is 2.35. The van der Waals surface area contributed by atoms with Gasteiger partial charge < -0.3 is 14.5 Å². The van der Waals surface area contributed by atoms with E-state index in [0.29, 0.717) is 37.5 Å². The molecule has 2 aromatic carbocycles. The predicted octanol–water partition coefficient (Wildman–Crippen LogP) is 2.64. The summed E-state index contributed by atoms with van der Waals surface area (Å²) < 4.78 is 5.22. The number of benzene rings is 2. The normalized spacial score (nSPS) is 19.7. The molecular weight excluding hydrogens is 378 g/mol. The average molecular weight is 408 g/mol. The maximum absolute atomic E-state index is 13.2. The third kappa shape index (κ3) is 4.49. The van der Waals surface area contributed by atoms with Crippen LogP contribution in [0, 0.1) is 0 Å². The van der Waals surface area contributed by atoms with Crippen LogP contribution in [-0.2, 0) is 11.3 Å². The summed E-state index contributed by atoms with van der Waals surface area (Å²) in [5.74, 6) is 0.874. The summed E-state index contributed by atoms with van der Waals surface area (Å²) in [5.41, 5.74) is 1.87. The van der Waals surface area contributed by atoms with E-state index in [-0.39, 0.29) is 17.9 Å². The van der Waals surface area contributed by atoms with Crippen LogP contribution in [0.15, 0.2) is 54.6 Å². The Morgan fingerprint density at radius 3 is 2.40 bits per heavy atom. The second-order valence-corrected chi connectivity index (χ2v) is 7.96. The second kappa shape index (κ2) is 9.30. The molecule has 0 aliphatic carbocycles. The van der Waals surface area contributed by atoms with Crippen LogP contribution in [0.25, 0.3) is 0 Å². The Kier molecular flexibility index (Phi) is 6.33. The van der Waals surface area contributed by atoms with Gasteiger partial charge in [0, 0.05) is 38.3 Å². The third-order valence-electron chi connectivity index (χ3n) is 6.07. The van der Waals surface area contributed by atoms with Crippen molar-refractivity contribution >= 4 is 11.8 Å². The number of carbonyl (C=O) groups excluding carboxylic acids is 2. The molecular formula is C24H29N3O3. The van der Waals surface area contributed by atoms with Crippen molar-refractivity contribution < 1.29 is 14.3 Å². The van der Waals surface area contributed by atoms with Gasteiger partial charge in [0.1, 0.15) is 5.75 Å². The maximum atomic E-state index is 13.2. The van der Waals surface area contributed by atoms with E-state index < -0.39 is 0 Å². The Morgan fingerprint density at radius 1 is 0.933 bits per heavy atom. The van der Waals surface area contributed by atoms with Crippen molar-refractivity contribution in [1.29, 1.82) is 0 Å². The lowest BCUT2D eigenvalue weighted by Crippen LogP contribution is -2.54. The maximum Gasteiger partial charge on any atom is 0.254 e. The minimum absolute atomic E-state index is 0.00688.